The zero-order valence-electron chi connectivity index (χ0n) is 12.5. The van der Waals surface area contributed by atoms with Crippen molar-refractivity contribution in [3.63, 3.8) is 0 Å². The van der Waals surface area contributed by atoms with Crippen LogP contribution < -0.4 is 0 Å². The third kappa shape index (κ3) is 2.70. The first-order chi connectivity index (χ1) is 10.5. The van der Waals surface area contributed by atoms with Gasteiger partial charge in [0.1, 0.15) is 17.2 Å². The lowest BCUT2D eigenvalue weighted by Gasteiger charge is -2.37. The first kappa shape index (κ1) is 14.9. The number of hydrogen-bond donors (Lipinski definition) is 0. The molecule has 116 valence electrons. The summed E-state index contributed by atoms with van der Waals surface area (Å²) in [6.45, 7) is 1.38. The fraction of sp³-hybridized carbons (Fsp3) is 0.389. The molecular weight excluding hydrogens is 286 g/mol. The number of benzene rings is 2. The van der Waals surface area contributed by atoms with Gasteiger partial charge in [-0.3, -0.25) is 4.79 Å². The van der Waals surface area contributed by atoms with Crippen LogP contribution in [0, 0.1) is 11.6 Å². The molecule has 0 aliphatic heterocycles. The van der Waals surface area contributed by atoms with Gasteiger partial charge in [0.05, 0.1) is 0 Å². The van der Waals surface area contributed by atoms with Gasteiger partial charge in [0, 0.05) is 12.3 Å². The Morgan fingerprint density at radius 3 is 2.50 bits per heavy atom. The number of ether oxygens (including phenoxy) is 1. The van der Waals surface area contributed by atoms with Gasteiger partial charge in [-0.1, -0.05) is 12.5 Å². The number of fused-ring (bicyclic) bond motifs is 1. The van der Waals surface area contributed by atoms with Crippen molar-refractivity contribution in [1.29, 1.82) is 0 Å². The molecule has 22 heavy (non-hydrogen) atoms. The number of hydrogen-bond acceptors (Lipinski definition) is 2. The van der Waals surface area contributed by atoms with Gasteiger partial charge in [-0.05, 0) is 60.9 Å². The van der Waals surface area contributed by atoms with Crippen molar-refractivity contribution in [2.45, 2.75) is 44.6 Å². The molecule has 0 amide bonds. The minimum absolute atomic E-state index is 0.248. The van der Waals surface area contributed by atoms with Crippen LogP contribution in [0.3, 0.4) is 0 Å². The second-order valence-electron chi connectivity index (χ2n) is 5.97. The Morgan fingerprint density at radius 2 is 1.82 bits per heavy atom. The molecule has 2 aromatic carbocycles. The number of carbonyl (C=O) groups is 1. The van der Waals surface area contributed by atoms with Crippen LogP contribution in [0.4, 0.5) is 8.78 Å². The van der Waals surface area contributed by atoms with Crippen molar-refractivity contribution >= 4 is 16.7 Å². The summed E-state index contributed by atoms with van der Waals surface area (Å²) in [4.78, 5) is 11.5. The highest BCUT2D eigenvalue weighted by Gasteiger charge is 2.37. The third-order valence-electron chi connectivity index (χ3n) is 4.39. The first-order valence-corrected chi connectivity index (χ1v) is 7.59. The van der Waals surface area contributed by atoms with Crippen molar-refractivity contribution in [2.75, 3.05) is 0 Å². The molecule has 1 aliphatic rings. The molecule has 3 rings (SSSR count). The summed E-state index contributed by atoms with van der Waals surface area (Å²) in [6.07, 6.45) is 4.36. The molecule has 0 aromatic heterocycles. The predicted octanol–water partition coefficient (Wildman–Crippen LogP) is 4.84. The van der Waals surface area contributed by atoms with Crippen molar-refractivity contribution < 1.29 is 18.3 Å². The highest BCUT2D eigenvalue weighted by Crippen LogP contribution is 2.42. The molecule has 2 nitrogen and oxygen atoms in total. The summed E-state index contributed by atoms with van der Waals surface area (Å²) >= 11 is 0. The average molecular weight is 304 g/mol. The largest absolute Gasteiger partial charge is 0.454 e. The van der Waals surface area contributed by atoms with Crippen LogP contribution in [0.5, 0.6) is 0 Å². The van der Waals surface area contributed by atoms with Crippen molar-refractivity contribution in [1.82, 2.24) is 0 Å². The van der Waals surface area contributed by atoms with Gasteiger partial charge in [-0.15, -0.1) is 0 Å². The second kappa shape index (κ2) is 5.67. The maximum atomic E-state index is 14.4. The van der Waals surface area contributed by atoms with E-state index in [1.54, 1.807) is 6.07 Å². The molecule has 1 fully saturated rings. The summed E-state index contributed by atoms with van der Waals surface area (Å²) in [5, 5.41) is 0.867. The van der Waals surface area contributed by atoms with Gasteiger partial charge in [-0.2, -0.15) is 0 Å². The maximum absolute atomic E-state index is 14.4. The molecule has 1 saturated carbocycles. The Balaban J connectivity index is 2.13. The normalized spacial score (nSPS) is 17.4. The fourth-order valence-electron chi connectivity index (χ4n) is 3.40. The van der Waals surface area contributed by atoms with E-state index in [1.807, 2.05) is 6.07 Å². The van der Waals surface area contributed by atoms with Crippen molar-refractivity contribution in [2.24, 2.45) is 0 Å². The average Bonchev–Trinajstić information content (AvgIpc) is 2.48. The van der Waals surface area contributed by atoms with Gasteiger partial charge in [0.25, 0.3) is 0 Å². The van der Waals surface area contributed by atoms with Crippen LogP contribution in [0.25, 0.3) is 10.8 Å². The molecule has 4 heteroatoms. The van der Waals surface area contributed by atoms with Crippen LogP contribution >= 0.6 is 0 Å². The van der Waals surface area contributed by atoms with Gasteiger partial charge >= 0.3 is 5.97 Å². The van der Waals surface area contributed by atoms with Gasteiger partial charge in [0.15, 0.2) is 0 Å². The molecule has 2 aromatic rings. The standard InChI is InChI=1S/C18H18F2O2/c1-12(21)22-18(7-3-2-4-8-18)14-9-13-5-6-15(19)11-16(13)17(20)10-14/h5-6,9-11H,2-4,7-8H2,1H3. The van der Waals surface area contributed by atoms with Crippen LogP contribution in [0.2, 0.25) is 0 Å². The number of esters is 1. The van der Waals surface area contributed by atoms with E-state index in [0.29, 0.717) is 23.8 Å². The summed E-state index contributed by atoms with van der Waals surface area (Å²) in [7, 11) is 0. The van der Waals surface area contributed by atoms with Gasteiger partial charge in [-0.25, -0.2) is 8.78 Å². The van der Waals surface area contributed by atoms with Crippen LogP contribution in [0.15, 0.2) is 30.3 Å². The zero-order valence-corrected chi connectivity index (χ0v) is 12.5. The van der Waals surface area contributed by atoms with E-state index in [1.165, 1.54) is 25.1 Å². The smallest absolute Gasteiger partial charge is 0.303 e. The summed E-state index contributed by atoms with van der Waals surface area (Å²) in [5.74, 6) is -1.31. The van der Waals surface area contributed by atoms with Crippen LogP contribution in [-0.2, 0) is 15.1 Å². The topological polar surface area (TPSA) is 26.3 Å². The van der Waals surface area contributed by atoms with E-state index in [-0.39, 0.29) is 11.4 Å². The maximum Gasteiger partial charge on any atom is 0.303 e. The monoisotopic (exact) mass is 304 g/mol. The molecule has 0 unspecified atom stereocenters. The fourth-order valence-corrected chi connectivity index (χ4v) is 3.40. The Hall–Kier alpha value is -1.97. The van der Waals surface area contributed by atoms with E-state index in [0.717, 1.165) is 19.3 Å². The van der Waals surface area contributed by atoms with Gasteiger partial charge in [0.2, 0.25) is 0 Å². The van der Waals surface area contributed by atoms with Crippen molar-refractivity contribution in [3.05, 3.63) is 47.5 Å². The lowest BCUT2D eigenvalue weighted by molar-refractivity contribution is -0.162. The number of rotatable bonds is 2. The summed E-state index contributed by atoms with van der Waals surface area (Å²) in [6, 6.07) is 7.25. The van der Waals surface area contributed by atoms with Crippen LogP contribution in [0.1, 0.15) is 44.6 Å². The Kier molecular flexibility index (Phi) is 3.85. The lowest BCUT2D eigenvalue weighted by atomic mass is 9.78. The first-order valence-electron chi connectivity index (χ1n) is 7.59. The molecule has 0 saturated heterocycles. The van der Waals surface area contributed by atoms with Gasteiger partial charge < -0.3 is 4.74 Å². The number of halogens is 2. The van der Waals surface area contributed by atoms with E-state index in [2.05, 4.69) is 0 Å². The van der Waals surface area contributed by atoms with E-state index in [4.69, 9.17) is 4.74 Å². The Labute approximate surface area is 128 Å². The minimum Gasteiger partial charge on any atom is -0.454 e. The van der Waals surface area contributed by atoms with Crippen molar-refractivity contribution in [3.8, 4) is 0 Å². The molecular formula is C18H18F2O2. The molecule has 0 N–H and O–H groups in total. The second-order valence-corrected chi connectivity index (χ2v) is 5.97. The van der Waals surface area contributed by atoms with E-state index >= 15 is 0 Å². The number of carbonyl (C=O) groups excluding carboxylic acids is 1. The van der Waals surface area contributed by atoms with Crippen LogP contribution in [-0.4, -0.2) is 5.97 Å². The molecule has 1 aliphatic carbocycles. The Morgan fingerprint density at radius 1 is 1.09 bits per heavy atom. The SMILES string of the molecule is CC(=O)OC1(c2cc(F)c3cc(F)ccc3c2)CCCCC1. The highest BCUT2D eigenvalue weighted by molar-refractivity contribution is 5.84. The molecule has 0 spiro atoms. The van der Waals surface area contributed by atoms with E-state index in [9.17, 15) is 13.6 Å². The van der Waals surface area contributed by atoms with E-state index < -0.39 is 17.2 Å². The molecule has 0 radical (unpaired) electrons. The molecule has 0 heterocycles. The minimum atomic E-state index is -0.756. The molecule has 0 atom stereocenters. The highest BCUT2D eigenvalue weighted by atomic mass is 19.1. The third-order valence-corrected chi connectivity index (χ3v) is 4.39. The predicted molar refractivity (Wildman–Crippen MR) is 80.4 cm³/mol. The Bertz CT molecular complexity index is 718. The summed E-state index contributed by atoms with van der Waals surface area (Å²) in [5.41, 5.74) is -0.0907. The quantitative estimate of drug-likeness (QED) is 0.742. The molecule has 0 bridgehead atoms. The zero-order chi connectivity index (χ0) is 15.7. The summed E-state index contributed by atoms with van der Waals surface area (Å²) < 4.78 is 33.3. The lowest BCUT2D eigenvalue weighted by Crippen LogP contribution is -2.34.